The second-order valence-corrected chi connectivity index (χ2v) is 4.44. The first-order valence-corrected chi connectivity index (χ1v) is 6.64. The second-order valence-electron chi connectivity index (χ2n) is 4.44. The summed E-state index contributed by atoms with van der Waals surface area (Å²) in [5.41, 5.74) is 6.53. The average Bonchev–Trinajstić information content (AvgIpc) is 2.52. The summed E-state index contributed by atoms with van der Waals surface area (Å²) >= 11 is 0. The van der Waals surface area contributed by atoms with Gasteiger partial charge in [-0.2, -0.15) is 0 Å². The maximum atomic E-state index is 12.2. The zero-order chi connectivity index (χ0) is 15.1. The molecule has 0 unspecified atom stereocenters. The van der Waals surface area contributed by atoms with Crippen LogP contribution in [0.3, 0.4) is 0 Å². The molecule has 0 aliphatic carbocycles. The third kappa shape index (κ3) is 5.87. The summed E-state index contributed by atoms with van der Waals surface area (Å²) in [4.78, 5) is 10.1. The summed E-state index contributed by atoms with van der Waals surface area (Å²) in [5.74, 6) is 0.568. The van der Waals surface area contributed by atoms with E-state index in [1.165, 1.54) is 6.20 Å². The van der Waals surface area contributed by atoms with Crippen LogP contribution >= 0.6 is 24.0 Å². The number of aromatic nitrogens is 1. The van der Waals surface area contributed by atoms with Crippen molar-refractivity contribution in [2.75, 3.05) is 32.9 Å². The Kier molecular flexibility index (Phi) is 8.31. The number of nitrogens with zero attached hydrogens (tertiary/aromatic N) is 3. The van der Waals surface area contributed by atoms with Crippen LogP contribution in [-0.2, 0) is 11.3 Å². The summed E-state index contributed by atoms with van der Waals surface area (Å²) in [7, 11) is 0. The molecule has 1 aliphatic heterocycles. The van der Waals surface area contributed by atoms with Crippen molar-refractivity contribution in [2.24, 2.45) is 10.7 Å². The van der Waals surface area contributed by atoms with E-state index in [9.17, 15) is 8.78 Å². The Morgan fingerprint density at radius 2 is 2.18 bits per heavy atom. The highest BCUT2D eigenvalue weighted by Gasteiger charge is 2.13. The van der Waals surface area contributed by atoms with Crippen LogP contribution in [-0.4, -0.2) is 55.2 Å². The number of hydrogen-bond acceptors (Lipinski definition) is 4. The van der Waals surface area contributed by atoms with Crippen molar-refractivity contribution in [2.45, 2.75) is 13.0 Å². The molecule has 0 radical (unpaired) electrons. The van der Waals surface area contributed by atoms with E-state index >= 15 is 0 Å². The van der Waals surface area contributed by atoms with E-state index in [0.717, 1.165) is 0 Å². The first-order chi connectivity index (χ1) is 10.2. The average molecular weight is 428 g/mol. The molecule has 1 aromatic rings. The minimum atomic E-state index is -2.54. The third-order valence-electron chi connectivity index (χ3n) is 2.94. The van der Waals surface area contributed by atoms with Crippen LogP contribution in [0.25, 0.3) is 0 Å². The molecule has 0 spiro atoms. The fraction of sp³-hybridized carbons (Fsp3) is 0.538. The molecule has 0 amide bonds. The van der Waals surface area contributed by atoms with E-state index in [-0.39, 0.29) is 36.4 Å². The SMILES string of the molecule is I.NC(=NCc1cccnc1OCC(F)F)N1CCOCC1. The molecule has 0 aromatic carbocycles. The summed E-state index contributed by atoms with van der Waals surface area (Å²) < 4.78 is 34.6. The van der Waals surface area contributed by atoms with Gasteiger partial charge in [0.25, 0.3) is 6.43 Å². The number of ether oxygens (including phenoxy) is 2. The maximum Gasteiger partial charge on any atom is 0.272 e. The molecule has 2 rings (SSSR count). The summed E-state index contributed by atoms with van der Waals surface area (Å²) in [6.07, 6.45) is -1.05. The number of nitrogens with two attached hydrogens (primary N) is 1. The van der Waals surface area contributed by atoms with Gasteiger partial charge >= 0.3 is 0 Å². The molecular weight excluding hydrogens is 409 g/mol. The molecular formula is C13H19F2IN4O2. The molecule has 124 valence electrons. The topological polar surface area (TPSA) is 73.0 Å². The molecule has 22 heavy (non-hydrogen) atoms. The third-order valence-corrected chi connectivity index (χ3v) is 2.94. The van der Waals surface area contributed by atoms with Gasteiger partial charge in [0.2, 0.25) is 5.88 Å². The number of hydrogen-bond donors (Lipinski definition) is 1. The van der Waals surface area contributed by atoms with Crippen LogP contribution in [0.2, 0.25) is 0 Å². The van der Waals surface area contributed by atoms with Crippen molar-refractivity contribution in [1.29, 1.82) is 0 Å². The van der Waals surface area contributed by atoms with Gasteiger partial charge in [0.05, 0.1) is 19.8 Å². The van der Waals surface area contributed by atoms with E-state index < -0.39 is 13.0 Å². The van der Waals surface area contributed by atoms with Gasteiger partial charge in [-0.05, 0) is 6.07 Å². The van der Waals surface area contributed by atoms with Gasteiger partial charge in [0.15, 0.2) is 12.6 Å². The Morgan fingerprint density at radius 3 is 2.86 bits per heavy atom. The van der Waals surface area contributed by atoms with Crippen LogP contribution in [0.15, 0.2) is 23.3 Å². The Bertz CT molecular complexity index is 485. The molecule has 9 heteroatoms. The summed E-state index contributed by atoms with van der Waals surface area (Å²) in [5, 5.41) is 0. The first-order valence-electron chi connectivity index (χ1n) is 6.64. The fourth-order valence-electron chi connectivity index (χ4n) is 1.87. The molecule has 6 nitrogen and oxygen atoms in total. The minimum absolute atomic E-state index is 0. The highest BCUT2D eigenvalue weighted by molar-refractivity contribution is 14.0. The quantitative estimate of drug-likeness (QED) is 0.437. The fourth-order valence-corrected chi connectivity index (χ4v) is 1.87. The number of aliphatic imine (C=N–C) groups is 1. The Balaban J connectivity index is 0.00000242. The smallest absolute Gasteiger partial charge is 0.272 e. The van der Waals surface area contributed by atoms with Crippen molar-refractivity contribution < 1.29 is 18.3 Å². The monoisotopic (exact) mass is 428 g/mol. The van der Waals surface area contributed by atoms with Crippen molar-refractivity contribution in [3.63, 3.8) is 0 Å². The zero-order valence-electron chi connectivity index (χ0n) is 12.0. The normalized spacial score (nSPS) is 15.6. The molecule has 0 atom stereocenters. The lowest BCUT2D eigenvalue weighted by Gasteiger charge is -2.27. The summed E-state index contributed by atoms with van der Waals surface area (Å²) in [6, 6.07) is 3.43. The lowest BCUT2D eigenvalue weighted by molar-refractivity contribution is 0.0674. The molecule has 0 saturated carbocycles. The van der Waals surface area contributed by atoms with Gasteiger partial charge in [0, 0.05) is 24.8 Å². The van der Waals surface area contributed by atoms with E-state index in [0.29, 0.717) is 37.8 Å². The van der Waals surface area contributed by atoms with Crippen molar-refractivity contribution >= 4 is 29.9 Å². The van der Waals surface area contributed by atoms with Crippen molar-refractivity contribution in [1.82, 2.24) is 9.88 Å². The molecule has 2 N–H and O–H groups in total. The number of pyridine rings is 1. The number of morpholine rings is 1. The molecule has 1 saturated heterocycles. The molecule has 1 fully saturated rings. The van der Waals surface area contributed by atoms with Crippen LogP contribution in [0.5, 0.6) is 5.88 Å². The Hall–Kier alpha value is -1.23. The van der Waals surface area contributed by atoms with Gasteiger partial charge in [-0.3, -0.25) is 0 Å². The molecule has 1 aromatic heterocycles. The van der Waals surface area contributed by atoms with Crippen LogP contribution in [0, 0.1) is 0 Å². The molecule has 0 bridgehead atoms. The van der Waals surface area contributed by atoms with Gasteiger partial charge in [-0.25, -0.2) is 18.8 Å². The second kappa shape index (κ2) is 9.72. The predicted molar refractivity (Wildman–Crippen MR) is 88.9 cm³/mol. The van der Waals surface area contributed by atoms with E-state index in [4.69, 9.17) is 15.2 Å². The van der Waals surface area contributed by atoms with Gasteiger partial charge in [0.1, 0.15) is 0 Å². The number of rotatable bonds is 5. The largest absolute Gasteiger partial charge is 0.471 e. The standard InChI is InChI=1S/C13H18F2N4O2.HI/c14-11(15)9-21-12-10(2-1-3-17-12)8-18-13(16)19-4-6-20-7-5-19;/h1-3,11H,4-9H2,(H2,16,18);1H. The van der Waals surface area contributed by atoms with E-state index in [2.05, 4.69) is 9.98 Å². The number of guanidine groups is 1. The predicted octanol–water partition coefficient (Wildman–Crippen LogP) is 1.49. The van der Waals surface area contributed by atoms with Crippen LogP contribution < -0.4 is 10.5 Å². The summed E-state index contributed by atoms with van der Waals surface area (Å²) in [6.45, 7) is 2.16. The maximum absolute atomic E-state index is 12.2. The zero-order valence-corrected chi connectivity index (χ0v) is 14.3. The molecule has 1 aliphatic rings. The van der Waals surface area contributed by atoms with Gasteiger partial charge in [-0.1, -0.05) is 6.07 Å². The van der Waals surface area contributed by atoms with Crippen molar-refractivity contribution in [3.8, 4) is 5.88 Å². The van der Waals surface area contributed by atoms with E-state index in [1.54, 1.807) is 12.1 Å². The van der Waals surface area contributed by atoms with Gasteiger partial charge < -0.3 is 20.1 Å². The Labute approximate surface area is 144 Å². The van der Waals surface area contributed by atoms with E-state index in [1.807, 2.05) is 4.90 Å². The molecule has 2 heterocycles. The lowest BCUT2D eigenvalue weighted by Crippen LogP contribution is -2.44. The number of halogens is 3. The minimum Gasteiger partial charge on any atom is -0.471 e. The number of alkyl halides is 2. The van der Waals surface area contributed by atoms with Gasteiger partial charge in [-0.15, -0.1) is 24.0 Å². The lowest BCUT2D eigenvalue weighted by atomic mass is 10.3. The van der Waals surface area contributed by atoms with Crippen LogP contribution in [0.1, 0.15) is 5.56 Å². The van der Waals surface area contributed by atoms with Crippen molar-refractivity contribution in [3.05, 3.63) is 23.9 Å². The highest BCUT2D eigenvalue weighted by Crippen LogP contribution is 2.16. The first kappa shape index (κ1) is 18.8. The highest BCUT2D eigenvalue weighted by atomic mass is 127. The van der Waals surface area contributed by atoms with Crippen LogP contribution in [0.4, 0.5) is 8.78 Å². The Morgan fingerprint density at radius 1 is 1.45 bits per heavy atom.